The van der Waals surface area contributed by atoms with Crippen LogP contribution in [0.1, 0.15) is 27.2 Å². The van der Waals surface area contributed by atoms with Crippen molar-refractivity contribution in [2.45, 2.75) is 32.7 Å². The molecule has 1 atom stereocenters. The highest BCUT2D eigenvalue weighted by Gasteiger charge is 2.53. The molecule has 4 heteroatoms. The first-order valence-electron chi connectivity index (χ1n) is 6.23. The Balaban J connectivity index is 3.11. The summed E-state index contributed by atoms with van der Waals surface area (Å²) < 4.78 is 0. The average Bonchev–Trinajstić information content (AvgIpc) is 2.44. The first-order valence-corrected chi connectivity index (χ1v) is 6.23. The lowest BCUT2D eigenvalue weighted by Gasteiger charge is -2.32. The molecule has 0 spiro atoms. The monoisotopic (exact) mass is 250 g/mol. The third kappa shape index (κ3) is 2.33. The van der Waals surface area contributed by atoms with Gasteiger partial charge in [0.15, 0.2) is 0 Å². The first-order chi connectivity index (χ1) is 8.38. The predicted octanol–water partition coefficient (Wildman–Crippen LogP) is 2.43. The van der Waals surface area contributed by atoms with E-state index in [-0.39, 0.29) is 18.5 Å². The van der Waals surface area contributed by atoms with E-state index in [4.69, 9.17) is 0 Å². The molecule has 100 valence electrons. The second-order valence-corrected chi connectivity index (χ2v) is 5.26. The molecule has 18 heavy (non-hydrogen) atoms. The summed E-state index contributed by atoms with van der Waals surface area (Å²) in [4.78, 5) is 27.5. The fourth-order valence-electron chi connectivity index (χ4n) is 2.54. The summed E-state index contributed by atoms with van der Waals surface area (Å²) in [5, 5.41) is 0. The molecule has 1 unspecified atom stereocenters. The zero-order valence-corrected chi connectivity index (χ0v) is 11.5. The van der Waals surface area contributed by atoms with E-state index in [2.05, 4.69) is 13.2 Å². The molecule has 1 rings (SSSR count). The summed E-state index contributed by atoms with van der Waals surface area (Å²) in [5.74, 6) is 0.200. The average molecular weight is 250 g/mol. The summed E-state index contributed by atoms with van der Waals surface area (Å²) >= 11 is 0. The van der Waals surface area contributed by atoms with Crippen molar-refractivity contribution in [3.05, 3.63) is 25.3 Å². The minimum atomic E-state index is -0.761. The van der Waals surface area contributed by atoms with Gasteiger partial charge in [0.1, 0.15) is 5.54 Å². The summed E-state index contributed by atoms with van der Waals surface area (Å²) in [6.45, 7) is 13.8. The largest absolute Gasteiger partial charge is 0.328 e. The molecule has 0 aromatic heterocycles. The normalized spacial score (nSPS) is 24.0. The Bertz CT molecular complexity index is 376. The molecule has 0 bridgehead atoms. The summed E-state index contributed by atoms with van der Waals surface area (Å²) in [6, 6.07) is -0.247. The molecule has 0 saturated carbocycles. The molecule has 1 aliphatic heterocycles. The number of carbonyl (C=O) groups excluding carboxylic acids is 2. The highest BCUT2D eigenvalue weighted by Crippen LogP contribution is 2.33. The van der Waals surface area contributed by atoms with E-state index in [9.17, 15) is 9.59 Å². The van der Waals surface area contributed by atoms with Crippen LogP contribution in [0.25, 0.3) is 0 Å². The number of hydrogen-bond acceptors (Lipinski definition) is 2. The van der Waals surface area contributed by atoms with Crippen LogP contribution in [0.5, 0.6) is 0 Å². The zero-order valence-electron chi connectivity index (χ0n) is 11.5. The molecular formula is C14H22N2O2. The van der Waals surface area contributed by atoms with Gasteiger partial charge in [-0.3, -0.25) is 9.69 Å². The second-order valence-electron chi connectivity index (χ2n) is 5.26. The molecule has 0 aromatic carbocycles. The molecule has 0 aromatic rings. The van der Waals surface area contributed by atoms with E-state index in [0.717, 1.165) is 0 Å². The fraction of sp³-hybridized carbons (Fsp3) is 0.571. The number of hydrogen-bond donors (Lipinski definition) is 0. The topological polar surface area (TPSA) is 40.6 Å². The number of carbonyl (C=O) groups is 2. The van der Waals surface area contributed by atoms with Crippen LogP contribution in [0.4, 0.5) is 4.79 Å². The van der Waals surface area contributed by atoms with E-state index < -0.39 is 5.54 Å². The van der Waals surface area contributed by atoms with Gasteiger partial charge in [-0.25, -0.2) is 4.79 Å². The quantitative estimate of drug-likeness (QED) is 0.536. The molecule has 0 aliphatic carbocycles. The van der Waals surface area contributed by atoms with Gasteiger partial charge in [0.25, 0.3) is 5.91 Å². The van der Waals surface area contributed by atoms with E-state index >= 15 is 0 Å². The van der Waals surface area contributed by atoms with Gasteiger partial charge >= 0.3 is 6.03 Å². The Labute approximate surface area is 109 Å². The number of amides is 3. The number of imide groups is 1. The second kappa shape index (κ2) is 5.38. The minimum absolute atomic E-state index is 0.136. The SMILES string of the molecule is C=CCN1C(=O)N(CC=C)C(C)(CC(C)C)C1=O. The fourth-order valence-corrected chi connectivity index (χ4v) is 2.54. The molecule has 0 radical (unpaired) electrons. The lowest BCUT2D eigenvalue weighted by atomic mass is 9.89. The predicted molar refractivity (Wildman–Crippen MR) is 72.1 cm³/mol. The Morgan fingerprint density at radius 1 is 1.22 bits per heavy atom. The van der Waals surface area contributed by atoms with E-state index in [1.165, 1.54) is 4.90 Å². The zero-order chi connectivity index (χ0) is 13.9. The van der Waals surface area contributed by atoms with Gasteiger partial charge in [-0.15, -0.1) is 13.2 Å². The first kappa shape index (κ1) is 14.5. The lowest BCUT2D eigenvalue weighted by molar-refractivity contribution is -0.132. The van der Waals surface area contributed by atoms with Crippen LogP contribution in [0.15, 0.2) is 25.3 Å². The van der Waals surface area contributed by atoms with Crippen LogP contribution in [-0.4, -0.2) is 40.4 Å². The van der Waals surface area contributed by atoms with Crippen LogP contribution in [0.3, 0.4) is 0 Å². The van der Waals surface area contributed by atoms with Crippen LogP contribution < -0.4 is 0 Å². The number of urea groups is 1. The number of nitrogens with zero attached hydrogens (tertiary/aromatic N) is 2. The van der Waals surface area contributed by atoms with E-state index in [1.807, 2.05) is 20.8 Å². The van der Waals surface area contributed by atoms with Crippen molar-refractivity contribution in [3.8, 4) is 0 Å². The lowest BCUT2D eigenvalue weighted by Crippen LogP contribution is -2.48. The maximum atomic E-state index is 12.4. The Morgan fingerprint density at radius 2 is 1.78 bits per heavy atom. The Morgan fingerprint density at radius 3 is 2.22 bits per heavy atom. The van der Waals surface area contributed by atoms with Gasteiger partial charge in [0, 0.05) is 13.1 Å². The molecule has 1 saturated heterocycles. The molecule has 1 fully saturated rings. The van der Waals surface area contributed by atoms with Crippen LogP contribution >= 0.6 is 0 Å². The molecule has 0 N–H and O–H groups in total. The van der Waals surface area contributed by atoms with Gasteiger partial charge in [-0.05, 0) is 19.3 Å². The van der Waals surface area contributed by atoms with Crippen molar-refractivity contribution in [3.63, 3.8) is 0 Å². The van der Waals surface area contributed by atoms with Crippen molar-refractivity contribution in [2.75, 3.05) is 13.1 Å². The van der Waals surface area contributed by atoms with Crippen molar-refractivity contribution < 1.29 is 9.59 Å². The van der Waals surface area contributed by atoms with Crippen molar-refractivity contribution >= 4 is 11.9 Å². The molecular weight excluding hydrogens is 228 g/mol. The van der Waals surface area contributed by atoms with Gasteiger partial charge in [-0.2, -0.15) is 0 Å². The molecule has 4 nitrogen and oxygen atoms in total. The van der Waals surface area contributed by atoms with Crippen LogP contribution in [-0.2, 0) is 4.79 Å². The molecule has 1 heterocycles. The Hall–Kier alpha value is -1.58. The standard InChI is InChI=1S/C14H22N2O2/c1-6-8-15-12(17)14(5,10-11(3)4)16(9-7-2)13(15)18/h6-7,11H,1-2,8-10H2,3-5H3. The van der Waals surface area contributed by atoms with Crippen molar-refractivity contribution in [1.82, 2.24) is 9.80 Å². The van der Waals surface area contributed by atoms with Crippen LogP contribution in [0, 0.1) is 5.92 Å². The van der Waals surface area contributed by atoms with Crippen molar-refractivity contribution in [1.29, 1.82) is 0 Å². The maximum absolute atomic E-state index is 12.4. The molecule has 1 aliphatic rings. The van der Waals surface area contributed by atoms with Gasteiger partial charge < -0.3 is 4.90 Å². The third-order valence-corrected chi connectivity index (χ3v) is 3.19. The van der Waals surface area contributed by atoms with E-state index in [1.54, 1.807) is 17.1 Å². The maximum Gasteiger partial charge on any atom is 0.328 e. The molecule has 3 amide bonds. The van der Waals surface area contributed by atoms with Gasteiger partial charge in [0.2, 0.25) is 0 Å². The van der Waals surface area contributed by atoms with E-state index in [0.29, 0.717) is 18.9 Å². The summed E-state index contributed by atoms with van der Waals surface area (Å²) in [5.41, 5.74) is -0.761. The smallest absolute Gasteiger partial charge is 0.306 e. The third-order valence-electron chi connectivity index (χ3n) is 3.19. The van der Waals surface area contributed by atoms with Gasteiger partial charge in [-0.1, -0.05) is 26.0 Å². The minimum Gasteiger partial charge on any atom is -0.306 e. The van der Waals surface area contributed by atoms with Crippen LogP contribution in [0.2, 0.25) is 0 Å². The Kier molecular flexibility index (Phi) is 4.33. The highest BCUT2D eigenvalue weighted by molar-refractivity contribution is 6.07. The number of rotatable bonds is 6. The highest BCUT2D eigenvalue weighted by atomic mass is 16.2. The summed E-state index contributed by atoms with van der Waals surface area (Å²) in [6.07, 6.45) is 3.88. The van der Waals surface area contributed by atoms with Gasteiger partial charge in [0.05, 0.1) is 0 Å². The van der Waals surface area contributed by atoms with Crippen molar-refractivity contribution in [2.24, 2.45) is 5.92 Å². The summed E-state index contributed by atoms with van der Waals surface area (Å²) in [7, 11) is 0.